The van der Waals surface area contributed by atoms with Crippen LogP contribution in [0.15, 0.2) is 22.7 Å². The number of hydrogen-bond donors (Lipinski definition) is 1. The molecule has 4 heteroatoms. The van der Waals surface area contributed by atoms with Crippen molar-refractivity contribution in [3.63, 3.8) is 0 Å². The molecular weight excluding hydrogens is 309 g/mol. The molecule has 16 heavy (non-hydrogen) atoms. The van der Waals surface area contributed by atoms with E-state index in [0.717, 1.165) is 27.9 Å². The van der Waals surface area contributed by atoms with Crippen LogP contribution in [0.1, 0.15) is 38.3 Å². The van der Waals surface area contributed by atoms with Crippen LogP contribution >= 0.6 is 39.9 Å². The summed E-state index contributed by atoms with van der Waals surface area (Å²) in [6.45, 7) is 4.41. The van der Waals surface area contributed by atoms with Crippen molar-refractivity contribution >= 4 is 39.9 Å². The zero-order valence-corrected chi connectivity index (χ0v) is 12.7. The number of benzene rings is 1. The molecule has 92 valence electrons. The van der Waals surface area contributed by atoms with Crippen LogP contribution in [0.4, 0.5) is 0 Å². The second kappa shape index (κ2) is 7.54. The molecule has 0 amide bonds. The molecule has 0 aliphatic heterocycles. The Balaban J connectivity index is 0.00000225. The van der Waals surface area contributed by atoms with Crippen LogP contribution < -0.4 is 5.73 Å². The summed E-state index contributed by atoms with van der Waals surface area (Å²) in [7, 11) is 0. The van der Waals surface area contributed by atoms with E-state index in [9.17, 15) is 0 Å². The third-order valence-corrected chi connectivity index (χ3v) is 3.25. The highest BCUT2D eigenvalue weighted by Gasteiger charge is 2.11. The van der Waals surface area contributed by atoms with Crippen LogP contribution in [0.5, 0.6) is 0 Å². The predicted octanol–water partition coefficient (Wildman–Crippen LogP) is 4.96. The molecule has 0 unspecified atom stereocenters. The minimum Gasteiger partial charge on any atom is -0.324 e. The first-order valence-electron chi connectivity index (χ1n) is 5.21. The molecule has 0 aromatic heterocycles. The summed E-state index contributed by atoms with van der Waals surface area (Å²) in [6, 6.07) is 5.86. The van der Waals surface area contributed by atoms with Crippen LogP contribution in [0, 0.1) is 5.92 Å². The molecule has 0 bridgehead atoms. The Morgan fingerprint density at radius 2 is 1.94 bits per heavy atom. The monoisotopic (exact) mass is 325 g/mol. The highest BCUT2D eigenvalue weighted by molar-refractivity contribution is 9.10. The van der Waals surface area contributed by atoms with Gasteiger partial charge in [-0.15, -0.1) is 12.4 Å². The van der Waals surface area contributed by atoms with E-state index in [0.29, 0.717) is 5.92 Å². The van der Waals surface area contributed by atoms with Gasteiger partial charge >= 0.3 is 0 Å². The van der Waals surface area contributed by atoms with Gasteiger partial charge in [0.2, 0.25) is 0 Å². The zero-order chi connectivity index (χ0) is 11.4. The molecule has 0 radical (unpaired) electrons. The largest absolute Gasteiger partial charge is 0.324 e. The molecule has 2 N–H and O–H groups in total. The van der Waals surface area contributed by atoms with Crippen LogP contribution in [0.3, 0.4) is 0 Å². The van der Waals surface area contributed by atoms with Gasteiger partial charge in [-0.05, 0) is 42.5 Å². The van der Waals surface area contributed by atoms with Gasteiger partial charge in [-0.3, -0.25) is 0 Å². The van der Waals surface area contributed by atoms with E-state index in [1.807, 2.05) is 18.2 Å². The Hall–Kier alpha value is 0.240. The van der Waals surface area contributed by atoms with Gasteiger partial charge in [-0.1, -0.05) is 41.4 Å². The van der Waals surface area contributed by atoms with Crippen LogP contribution in [0.2, 0.25) is 5.02 Å². The van der Waals surface area contributed by atoms with Gasteiger partial charge in [-0.2, -0.15) is 0 Å². The highest BCUT2D eigenvalue weighted by Crippen LogP contribution is 2.28. The maximum absolute atomic E-state index is 6.11. The summed E-state index contributed by atoms with van der Waals surface area (Å²) in [5.74, 6) is 0.682. The maximum atomic E-state index is 6.11. The molecular formula is C12H18BrCl2N. The Morgan fingerprint density at radius 1 is 1.31 bits per heavy atom. The van der Waals surface area contributed by atoms with Crippen molar-refractivity contribution in [1.29, 1.82) is 0 Å². The lowest BCUT2D eigenvalue weighted by Gasteiger charge is -2.15. The number of nitrogens with two attached hydrogens (primary N) is 1. The molecule has 0 saturated carbocycles. The van der Waals surface area contributed by atoms with Gasteiger partial charge in [0, 0.05) is 15.5 Å². The number of rotatable bonds is 4. The van der Waals surface area contributed by atoms with Crippen molar-refractivity contribution in [3.8, 4) is 0 Å². The zero-order valence-electron chi connectivity index (χ0n) is 9.54. The van der Waals surface area contributed by atoms with Crippen LogP contribution in [-0.4, -0.2) is 0 Å². The first-order valence-corrected chi connectivity index (χ1v) is 6.38. The van der Waals surface area contributed by atoms with Crippen molar-refractivity contribution in [3.05, 3.63) is 33.3 Å². The first-order chi connectivity index (χ1) is 7.00. The topological polar surface area (TPSA) is 26.0 Å². The van der Waals surface area contributed by atoms with E-state index < -0.39 is 0 Å². The molecule has 0 aliphatic carbocycles. The fraction of sp³-hybridized carbons (Fsp3) is 0.500. The average molecular weight is 327 g/mol. The van der Waals surface area contributed by atoms with Gasteiger partial charge in [0.05, 0.1) is 0 Å². The average Bonchev–Trinajstić information content (AvgIpc) is 2.18. The molecule has 1 rings (SSSR count). The van der Waals surface area contributed by atoms with Crippen LogP contribution in [0.25, 0.3) is 0 Å². The summed E-state index contributed by atoms with van der Waals surface area (Å²) in [5, 5.41) is 0.759. The molecule has 1 aromatic rings. The molecule has 0 spiro atoms. The van der Waals surface area contributed by atoms with Gasteiger partial charge < -0.3 is 5.73 Å². The van der Waals surface area contributed by atoms with Gasteiger partial charge in [-0.25, -0.2) is 0 Å². The maximum Gasteiger partial charge on any atom is 0.0454 e. The Kier molecular flexibility index (Phi) is 7.66. The van der Waals surface area contributed by atoms with E-state index in [1.165, 1.54) is 0 Å². The second-order valence-electron chi connectivity index (χ2n) is 4.24. The summed E-state index contributed by atoms with van der Waals surface area (Å²) < 4.78 is 1.03. The summed E-state index contributed by atoms with van der Waals surface area (Å²) in [5.41, 5.74) is 7.14. The normalized spacial score (nSPS) is 12.4. The van der Waals surface area contributed by atoms with Gasteiger partial charge in [0.1, 0.15) is 0 Å². The first kappa shape index (κ1) is 16.2. The van der Waals surface area contributed by atoms with Crippen molar-refractivity contribution < 1.29 is 0 Å². The molecule has 1 nitrogen and oxygen atoms in total. The van der Waals surface area contributed by atoms with Crippen molar-refractivity contribution in [2.45, 2.75) is 32.7 Å². The molecule has 1 atom stereocenters. The number of halogens is 3. The SMILES string of the molecule is CC(C)CC[C@H](N)c1cc(Br)ccc1Cl.Cl. The Morgan fingerprint density at radius 3 is 2.50 bits per heavy atom. The third kappa shape index (κ3) is 5.05. The van der Waals surface area contributed by atoms with E-state index in [1.54, 1.807) is 0 Å². The predicted molar refractivity (Wildman–Crippen MR) is 77.4 cm³/mol. The lowest BCUT2D eigenvalue weighted by Crippen LogP contribution is -2.11. The molecule has 0 saturated heterocycles. The van der Waals surface area contributed by atoms with Gasteiger partial charge in [0.25, 0.3) is 0 Å². The minimum absolute atomic E-state index is 0. The molecule has 0 heterocycles. The highest BCUT2D eigenvalue weighted by atomic mass is 79.9. The molecule has 0 aliphatic rings. The lowest BCUT2D eigenvalue weighted by molar-refractivity contribution is 0.507. The van der Waals surface area contributed by atoms with Gasteiger partial charge in [0.15, 0.2) is 0 Å². The standard InChI is InChI=1S/C12H17BrClN.ClH/c1-8(2)3-6-12(15)10-7-9(13)4-5-11(10)14;/h4-5,7-8,12H,3,6,15H2,1-2H3;1H/t12-;/m0./s1. The third-order valence-electron chi connectivity index (χ3n) is 2.41. The minimum atomic E-state index is 0. The summed E-state index contributed by atoms with van der Waals surface area (Å²) in [4.78, 5) is 0. The summed E-state index contributed by atoms with van der Waals surface area (Å²) >= 11 is 9.54. The fourth-order valence-electron chi connectivity index (χ4n) is 1.47. The van der Waals surface area contributed by atoms with E-state index in [-0.39, 0.29) is 18.4 Å². The van der Waals surface area contributed by atoms with Crippen LogP contribution in [-0.2, 0) is 0 Å². The second-order valence-corrected chi connectivity index (χ2v) is 5.57. The lowest BCUT2D eigenvalue weighted by atomic mass is 9.98. The summed E-state index contributed by atoms with van der Waals surface area (Å²) in [6.07, 6.45) is 2.11. The molecule has 0 fully saturated rings. The smallest absolute Gasteiger partial charge is 0.0454 e. The van der Waals surface area contributed by atoms with Crippen molar-refractivity contribution in [1.82, 2.24) is 0 Å². The quantitative estimate of drug-likeness (QED) is 0.831. The fourth-order valence-corrected chi connectivity index (χ4v) is 2.10. The van der Waals surface area contributed by atoms with E-state index in [2.05, 4.69) is 29.8 Å². The van der Waals surface area contributed by atoms with E-state index in [4.69, 9.17) is 17.3 Å². The number of hydrogen-bond acceptors (Lipinski definition) is 1. The molecule has 1 aromatic carbocycles. The Bertz CT molecular complexity index is 329. The Labute approximate surface area is 117 Å². The van der Waals surface area contributed by atoms with Crippen molar-refractivity contribution in [2.75, 3.05) is 0 Å². The van der Waals surface area contributed by atoms with Crippen molar-refractivity contribution in [2.24, 2.45) is 11.7 Å². The van der Waals surface area contributed by atoms with E-state index >= 15 is 0 Å².